The van der Waals surface area contributed by atoms with Crippen molar-refractivity contribution in [2.45, 2.75) is 0 Å². The predicted molar refractivity (Wildman–Crippen MR) is 32.5 cm³/mol. The number of hydrogen-bond donors (Lipinski definition) is 0. The van der Waals surface area contributed by atoms with Gasteiger partial charge in [-0.05, 0) is 0 Å². The number of benzene rings is 1. The fourth-order valence-electron chi connectivity index (χ4n) is 0.500. The monoisotopic (exact) mass is 195 g/mol. The van der Waals surface area contributed by atoms with Gasteiger partial charge in [-0.15, -0.1) is 12.1 Å². The first-order valence-electron chi connectivity index (χ1n) is 2.41. The van der Waals surface area contributed by atoms with E-state index in [4.69, 9.17) is 0 Å². The van der Waals surface area contributed by atoms with Gasteiger partial charge in [-0.1, -0.05) is 4.57 Å². The van der Waals surface area contributed by atoms with Gasteiger partial charge in [0.1, 0.15) is 0 Å². The number of rotatable bonds is 1. The van der Waals surface area contributed by atoms with Crippen LogP contribution in [-0.2, 0) is 21.6 Å². The van der Waals surface area contributed by atoms with Crippen LogP contribution in [0.2, 0.25) is 0 Å². The molecular weight excluding hydrogens is 191 g/mol. The molecule has 51 valence electrons. The molecule has 4 heteroatoms. The van der Waals surface area contributed by atoms with Crippen LogP contribution in [0.25, 0.3) is 0 Å². The van der Waals surface area contributed by atoms with Crippen molar-refractivity contribution in [3.8, 4) is 0 Å². The molecular formula is C6H4FeO2P+2. The molecule has 1 aromatic carbocycles. The molecule has 0 aliphatic rings. The Morgan fingerprint density at radius 2 is 1.90 bits per heavy atom. The van der Waals surface area contributed by atoms with E-state index in [1.54, 1.807) is 12.1 Å². The van der Waals surface area contributed by atoms with E-state index < -0.39 is 8.03 Å². The van der Waals surface area contributed by atoms with Gasteiger partial charge in [0.15, 0.2) is 0 Å². The number of hydrogen-bond acceptors (Lipinski definition) is 2. The van der Waals surface area contributed by atoms with Crippen LogP contribution in [-0.4, -0.2) is 0 Å². The van der Waals surface area contributed by atoms with Gasteiger partial charge in [0.25, 0.3) is 0 Å². The quantitative estimate of drug-likeness (QED) is 0.365. The third-order valence-electron chi connectivity index (χ3n) is 0.911. The van der Waals surface area contributed by atoms with Gasteiger partial charge in [0.05, 0.1) is 5.30 Å². The second kappa shape index (κ2) is 4.59. The van der Waals surface area contributed by atoms with Crippen molar-refractivity contribution in [2.24, 2.45) is 0 Å². The van der Waals surface area contributed by atoms with E-state index in [1.165, 1.54) is 12.1 Å². The Bertz CT molecular complexity index is 212. The van der Waals surface area contributed by atoms with E-state index in [0.717, 1.165) is 0 Å². The molecule has 1 radical (unpaired) electrons. The maximum Gasteiger partial charge on any atom is 3.00 e. The fourth-order valence-corrected chi connectivity index (χ4v) is 0.892. The second-order valence-electron chi connectivity index (χ2n) is 1.52. The summed E-state index contributed by atoms with van der Waals surface area (Å²) in [5, 5.41) is 0.337. The summed E-state index contributed by atoms with van der Waals surface area (Å²) in [5.41, 5.74) is 0. The molecule has 10 heavy (non-hydrogen) atoms. The Hall–Kier alpha value is -0.201. The Balaban J connectivity index is 0.000000810. The SMILES string of the molecule is O=[P+]([O-])c1cc[c-]cc1.[Fe+3]. The summed E-state index contributed by atoms with van der Waals surface area (Å²) in [7, 11) is -2.42. The van der Waals surface area contributed by atoms with Crippen molar-refractivity contribution in [3.63, 3.8) is 0 Å². The molecule has 1 rings (SSSR count). The van der Waals surface area contributed by atoms with Gasteiger partial charge in [0.2, 0.25) is 0 Å². The molecule has 0 spiro atoms. The smallest absolute Gasteiger partial charge is 0.592 e. The summed E-state index contributed by atoms with van der Waals surface area (Å²) in [4.78, 5) is 10.2. The molecule has 0 fully saturated rings. The van der Waals surface area contributed by atoms with E-state index in [-0.39, 0.29) is 17.1 Å². The van der Waals surface area contributed by atoms with Gasteiger partial charge in [-0.3, -0.25) is 0 Å². The molecule has 0 heterocycles. The Morgan fingerprint density at radius 3 is 2.20 bits per heavy atom. The fraction of sp³-hybridized carbons (Fsp3) is 0. The van der Waals surface area contributed by atoms with Crippen LogP contribution in [0.3, 0.4) is 0 Å². The van der Waals surface area contributed by atoms with Gasteiger partial charge in [-0.2, -0.15) is 18.2 Å². The first-order valence-corrected chi connectivity index (χ1v) is 3.59. The molecule has 0 bridgehead atoms. The minimum absolute atomic E-state index is 0. The molecule has 0 aromatic heterocycles. The van der Waals surface area contributed by atoms with Gasteiger partial charge in [-0.25, -0.2) is 0 Å². The zero-order valence-corrected chi connectivity index (χ0v) is 6.93. The molecule has 0 aliphatic carbocycles. The summed E-state index contributed by atoms with van der Waals surface area (Å²) in [6.45, 7) is 0. The standard InChI is InChI=1S/C6H4O2P.Fe/c7-9(8)6-4-2-1-3-5-6;/h2-5H;/q-1;+3. The summed E-state index contributed by atoms with van der Waals surface area (Å²) < 4.78 is 10.2. The normalized spacial score (nSPS) is 9.90. The zero-order valence-electron chi connectivity index (χ0n) is 4.93. The second-order valence-corrected chi connectivity index (χ2v) is 2.55. The van der Waals surface area contributed by atoms with Crippen LogP contribution in [0, 0.1) is 6.07 Å². The minimum Gasteiger partial charge on any atom is -0.592 e. The van der Waals surface area contributed by atoms with Crippen LogP contribution >= 0.6 is 8.03 Å². The topological polar surface area (TPSA) is 40.1 Å². The van der Waals surface area contributed by atoms with E-state index in [1.807, 2.05) is 0 Å². The first-order chi connectivity index (χ1) is 4.30. The first kappa shape index (κ1) is 9.80. The van der Waals surface area contributed by atoms with Gasteiger partial charge in [0, 0.05) is 0 Å². The zero-order chi connectivity index (χ0) is 6.69. The van der Waals surface area contributed by atoms with E-state index in [0.29, 0.717) is 5.30 Å². The minimum atomic E-state index is -2.42. The van der Waals surface area contributed by atoms with Crippen molar-refractivity contribution >= 4 is 13.3 Å². The van der Waals surface area contributed by atoms with Gasteiger partial charge >= 0.3 is 25.1 Å². The molecule has 1 atom stereocenters. The van der Waals surface area contributed by atoms with Crippen LogP contribution in [0.15, 0.2) is 24.3 Å². The molecule has 2 nitrogen and oxygen atoms in total. The third kappa shape index (κ3) is 2.59. The van der Waals surface area contributed by atoms with Crippen LogP contribution in [0.4, 0.5) is 0 Å². The molecule has 0 saturated heterocycles. The predicted octanol–water partition coefficient (Wildman–Crippen LogP) is 0.212. The Kier molecular flexibility index (Phi) is 4.50. The largest absolute Gasteiger partial charge is 3.00 e. The summed E-state index contributed by atoms with van der Waals surface area (Å²) in [6, 6.07) is 8.87. The maximum atomic E-state index is 10.2. The summed E-state index contributed by atoms with van der Waals surface area (Å²) >= 11 is 0. The van der Waals surface area contributed by atoms with Crippen molar-refractivity contribution in [1.29, 1.82) is 0 Å². The Labute approximate surface area is 70.6 Å². The summed E-state index contributed by atoms with van der Waals surface area (Å²) in [6.07, 6.45) is 0. The molecule has 1 unspecified atom stereocenters. The molecule has 0 aliphatic heterocycles. The van der Waals surface area contributed by atoms with Crippen molar-refractivity contribution in [3.05, 3.63) is 30.3 Å². The van der Waals surface area contributed by atoms with E-state index in [2.05, 4.69) is 6.07 Å². The molecule has 0 amide bonds. The van der Waals surface area contributed by atoms with Crippen LogP contribution in [0.5, 0.6) is 0 Å². The average Bonchev–Trinajstić information content (AvgIpc) is 1.90. The molecule has 0 N–H and O–H groups in total. The molecule has 1 aromatic rings. The van der Waals surface area contributed by atoms with Crippen LogP contribution in [0.1, 0.15) is 0 Å². The average molecular weight is 195 g/mol. The van der Waals surface area contributed by atoms with Crippen LogP contribution < -0.4 is 10.2 Å². The summed E-state index contributed by atoms with van der Waals surface area (Å²) in [5.74, 6) is 0. The van der Waals surface area contributed by atoms with Crippen molar-refractivity contribution in [1.82, 2.24) is 0 Å². The van der Waals surface area contributed by atoms with Crippen molar-refractivity contribution < 1.29 is 26.5 Å². The van der Waals surface area contributed by atoms with E-state index >= 15 is 0 Å². The maximum absolute atomic E-state index is 10.2. The van der Waals surface area contributed by atoms with Gasteiger partial charge < -0.3 is 4.89 Å². The third-order valence-corrected chi connectivity index (χ3v) is 1.63. The molecule has 0 saturated carbocycles. The Morgan fingerprint density at radius 1 is 1.40 bits per heavy atom. The van der Waals surface area contributed by atoms with E-state index in [9.17, 15) is 9.46 Å². The van der Waals surface area contributed by atoms with Crippen molar-refractivity contribution in [2.75, 3.05) is 0 Å².